The number of fused-ring (bicyclic) bond motifs is 2. The Morgan fingerprint density at radius 2 is 1.78 bits per heavy atom. The number of likely N-dealkylation sites (tertiary alicyclic amines) is 1. The first-order chi connectivity index (χ1) is 21.3. The van der Waals surface area contributed by atoms with Crippen LogP contribution in [0.15, 0.2) is 42.5 Å². The van der Waals surface area contributed by atoms with Gasteiger partial charge in [0.05, 0.1) is 28.4 Å². The third-order valence-corrected chi connectivity index (χ3v) is 11.2. The molecule has 6 rings (SSSR count). The Balaban J connectivity index is 1.15. The first-order valence-corrected chi connectivity index (χ1v) is 17.3. The van der Waals surface area contributed by atoms with Crippen molar-refractivity contribution in [1.82, 2.24) is 19.0 Å². The number of alkyl halides is 3. The number of carboxylic acid groups (broad SMARTS) is 1. The molecule has 0 radical (unpaired) electrons. The van der Waals surface area contributed by atoms with E-state index in [9.17, 15) is 35.9 Å². The Morgan fingerprint density at radius 1 is 1.07 bits per heavy atom. The number of rotatable bonds is 8. The number of aromatic carboxylic acids is 1. The molecular weight excluding hydrogens is 632 g/mol. The Hall–Kier alpha value is -3.33. The average molecular weight is 664 g/mol. The molecule has 0 saturated carbocycles. The predicted octanol–water partition coefficient (Wildman–Crippen LogP) is 4.87. The highest BCUT2D eigenvalue weighted by molar-refractivity contribution is 7.88. The van der Waals surface area contributed by atoms with E-state index in [0.29, 0.717) is 41.0 Å². The Kier molecular flexibility index (Phi) is 8.52. The molecule has 2 aliphatic rings. The first kappa shape index (κ1) is 31.6. The van der Waals surface area contributed by atoms with Gasteiger partial charge in [-0.2, -0.15) is 22.6 Å². The van der Waals surface area contributed by atoms with Crippen molar-refractivity contribution in [3.05, 3.63) is 75.5 Å². The lowest BCUT2D eigenvalue weighted by Crippen LogP contribution is -2.36. The number of aromatic nitrogens is 2. The van der Waals surface area contributed by atoms with E-state index < -0.39 is 33.5 Å². The Morgan fingerprint density at radius 3 is 2.42 bits per heavy atom. The summed E-state index contributed by atoms with van der Waals surface area (Å²) in [6, 6.07) is 9.12. The molecule has 0 aliphatic carbocycles. The zero-order valence-electron chi connectivity index (χ0n) is 24.4. The topological polar surface area (TPSA) is 98.6 Å². The molecule has 45 heavy (non-hydrogen) atoms. The molecule has 4 heterocycles. The standard InChI is InChI=1S/C31H32F4N4O4S2/c1-45(42,43)38-16-11-25-24(18-38)28(20-3-5-21(6-4-20)31(33,34)35)36-39(25)13-2-12-37-14-9-19(10-15-37)27-23-8-7-22(32)17-26(23)44-29(27)30(40)41/h3-8,17,19H,2,9-16,18H2,1H3,(H,40,41)/p-1. The van der Waals surface area contributed by atoms with Crippen molar-refractivity contribution < 1.29 is 35.9 Å². The molecule has 4 aromatic rings. The zero-order valence-corrected chi connectivity index (χ0v) is 26.1. The fourth-order valence-corrected chi connectivity index (χ4v) is 8.46. The summed E-state index contributed by atoms with van der Waals surface area (Å²) in [6.07, 6.45) is -0.637. The van der Waals surface area contributed by atoms with Crippen LogP contribution in [-0.2, 0) is 35.7 Å². The Bertz CT molecular complexity index is 1840. The molecule has 2 aromatic carbocycles. The highest BCUT2D eigenvalue weighted by Gasteiger charge is 2.32. The molecule has 1 saturated heterocycles. The number of piperidine rings is 1. The minimum atomic E-state index is -4.47. The second-order valence-electron chi connectivity index (χ2n) is 11.7. The van der Waals surface area contributed by atoms with Crippen molar-refractivity contribution in [1.29, 1.82) is 0 Å². The van der Waals surface area contributed by atoms with Gasteiger partial charge >= 0.3 is 6.18 Å². The molecule has 14 heteroatoms. The van der Waals surface area contributed by atoms with E-state index in [4.69, 9.17) is 5.10 Å². The molecule has 2 aromatic heterocycles. The van der Waals surface area contributed by atoms with E-state index in [-0.39, 0.29) is 17.3 Å². The minimum Gasteiger partial charge on any atom is -0.544 e. The summed E-state index contributed by atoms with van der Waals surface area (Å²) in [6.45, 7) is 3.23. The van der Waals surface area contributed by atoms with Gasteiger partial charge in [-0.25, -0.2) is 12.8 Å². The second-order valence-corrected chi connectivity index (χ2v) is 14.7. The van der Waals surface area contributed by atoms with Crippen LogP contribution in [0.25, 0.3) is 21.3 Å². The third-order valence-electron chi connectivity index (χ3n) is 8.77. The largest absolute Gasteiger partial charge is 0.544 e. The van der Waals surface area contributed by atoms with Crippen molar-refractivity contribution in [3.63, 3.8) is 0 Å². The maximum Gasteiger partial charge on any atom is 0.416 e. The summed E-state index contributed by atoms with van der Waals surface area (Å²) in [5.41, 5.74) is 2.54. The normalized spacial score (nSPS) is 17.2. The van der Waals surface area contributed by atoms with Gasteiger partial charge in [0.15, 0.2) is 0 Å². The molecular formula is C31H31F4N4O4S2-. The number of halogens is 4. The molecule has 0 amide bonds. The molecule has 0 N–H and O–H groups in total. The van der Waals surface area contributed by atoms with Crippen molar-refractivity contribution in [3.8, 4) is 11.3 Å². The number of carbonyl (C=O) groups is 1. The molecule has 240 valence electrons. The number of nitrogens with zero attached hydrogens (tertiary/aromatic N) is 4. The van der Waals surface area contributed by atoms with Crippen molar-refractivity contribution in [2.45, 2.75) is 50.9 Å². The fraction of sp³-hybridized carbons (Fsp3) is 0.419. The van der Waals surface area contributed by atoms with Gasteiger partial charge in [0.25, 0.3) is 0 Å². The summed E-state index contributed by atoms with van der Waals surface area (Å²) in [4.78, 5) is 14.4. The van der Waals surface area contributed by atoms with Crippen LogP contribution in [0.5, 0.6) is 0 Å². The summed E-state index contributed by atoms with van der Waals surface area (Å²) >= 11 is 1.05. The van der Waals surface area contributed by atoms with Gasteiger partial charge in [0.2, 0.25) is 10.0 Å². The fourth-order valence-electron chi connectivity index (χ4n) is 6.52. The van der Waals surface area contributed by atoms with Crippen LogP contribution in [-0.4, -0.2) is 65.8 Å². The molecule has 0 spiro atoms. The molecule has 2 aliphatic heterocycles. The van der Waals surface area contributed by atoms with Crippen LogP contribution in [0.3, 0.4) is 0 Å². The van der Waals surface area contributed by atoms with E-state index in [1.807, 2.05) is 4.68 Å². The maximum atomic E-state index is 13.8. The number of hydrogen-bond acceptors (Lipinski definition) is 7. The van der Waals surface area contributed by atoms with Gasteiger partial charge in [0.1, 0.15) is 5.82 Å². The number of benzene rings is 2. The SMILES string of the molecule is CS(=O)(=O)N1CCc2c(c(-c3ccc(C(F)(F)F)cc3)nn2CCCN2CCC(c3c(C(=O)[O-])sc4cc(F)ccc34)CC2)C1. The van der Waals surface area contributed by atoms with Gasteiger partial charge in [0, 0.05) is 47.6 Å². The van der Waals surface area contributed by atoms with Gasteiger partial charge in [-0.15, -0.1) is 11.3 Å². The maximum absolute atomic E-state index is 13.8. The zero-order chi connectivity index (χ0) is 32.1. The van der Waals surface area contributed by atoms with Crippen molar-refractivity contribution in [2.75, 3.05) is 32.4 Å². The smallest absolute Gasteiger partial charge is 0.416 e. The summed E-state index contributed by atoms with van der Waals surface area (Å²) in [7, 11) is -3.47. The lowest BCUT2D eigenvalue weighted by Gasteiger charge is -2.32. The van der Waals surface area contributed by atoms with E-state index in [2.05, 4.69) is 4.90 Å². The molecule has 8 nitrogen and oxygen atoms in total. The predicted molar refractivity (Wildman–Crippen MR) is 161 cm³/mol. The van der Waals surface area contributed by atoms with Crippen LogP contribution in [0.1, 0.15) is 57.2 Å². The van der Waals surface area contributed by atoms with Gasteiger partial charge in [-0.3, -0.25) is 4.68 Å². The summed E-state index contributed by atoms with van der Waals surface area (Å²) in [5, 5.41) is 17.4. The second kappa shape index (κ2) is 12.1. The number of hydrogen-bond donors (Lipinski definition) is 0. The number of thiophene rings is 1. The quantitative estimate of drug-likeness (QED) is 0.250. The number of sulfonamides is 1. The van der Waals surface area contributed by atoms with E-state index in [1.165, 1.54) is 28.6 Å². The summed E-state index contributed by atoms with van der Waals surface area (Å²) < 4.78 is 81.7. The van der Waals surface area contributed by atoms with Gasteiger partial charge in [-0.05, 0) is 80.0 Å². The van der Waals surface area contributed by atoms with Crippen LogP contribution in [0, 0.1) is 5.82 Å². The van der Waals surface area contributed by atoms with E-state index in [1.54, 1.807) is 6.07 Å². The van der Waals surface area contributed by atoms with Crippen LogP contribution in [0.4, 0.5) is 17.6 Å². The minimum absolute atomic E-state index is 0.0237. The lowest BCUT2D eigenvalue weighted by molar-refractivity contribution is -0.254. The first-order valence-electron chi connectivity index (χ1n) is 14.7. The lowest BCUT2D eigenvalue weighted by atomic mass is 9.87. The molecule has 0 bridgehead atoms. The van der Waals surface area contributed by atoms with Crippen LogP contribution >= 0.6 is 11.3 Å². The van der Waals surface area contributed by atoms with Gasteiger partial charge < -0.3 is 14.8 Å². The third kappa shape index (κ3) is 6.51. The molecule has 1 fully saturated rings. The van der Waals surface area contributed by atoms with Crippen LogP contribution < -0.4 is 5.11 Å². The number of carboxylic acids is 1. The highest BCUT2D eigenvalue weighted by atomic mass is 32.2. The monoisotopic (exact) mass is 663 g/mol. The van der Waals surface area contributed by atoms with Crippen LogP contribution in [0.2, 0.25) is 0 Å². The van der Waals surface area contributed by atoms with E-state index >= 15 is 0 Å². The van der Waals surface area contributed by atoms with Gasteiger partial charge in [-0.1, -0.05) is 18.2 Å². The Labute approximate surface area is 261 Å². The van der Waals surface area contributed by atoms with E-state index in [0.717, 1.165) is 85.3 Å². The highest BCUT2D eigenvalue weighted by Crippen LogP contribution is 2.41. The number of carbonyl (C=O) groups excluding carboxylic acids is 1. The number of aryl methyl sites for hydroxylation is 1. The summed E-state index contributed by atoms with van der Waals surface area (Å²) in [5.74, 6) is -1.63. The van der Waals surface area contributed by atoms with Crippen molar-refractivity contribution >= 4 is 37.4 Å². The van der Waals surface area contributed by atoms with Crippen molar-refractivity contribution in [2.24, 2.45) is 0 Å². The molecule has 0 unspecified atom stereocenters. The average Bonchev–Trinajstić information content (AvgIpc) is 3.55. The molecule has 0 atom stereocenters.